The van der Waals surface area contributed by atoms with Crippen LogP contribution in [0.3, 0.4) is 0 Å². The second kappa shape index (κ2) is 6.35. The van der Waals surface area contributed by atoms with Crippen molar-refractivity contribution in [2.24, 2.45) is 0 Å². The Kier molecular flexibility index (Phi) is 5.35. The summed E-state index contributed by atoms with van der Waals surface area (Å²) in [5, 5.41) is 3.40. The minimum absolute atomic E-state index is 0.224. The highest BCUT2D eigenvalue weighted by Gasteiger charge is 2.14. The molecule has 1 aliphatic rings. The van der Waals surface area contributed by atoms with Crippen LogP contribution in [0.5, 0.6) is 0 Å². The van der Waals surface area contributed by atoms with E-state index in [1.165, 1.54) is 12.8 Å². The van der Waals surface area contributed by atoms with E-state index in [1.807, 2.05) is 6.92 Å². The van der Waals surface area contributed by atoms with Crippen molar-refractivity contribution in [3.8, 4) is 0 Å². The van der Waals surface area contributed by atoms with Gasteiger partial charge >= 0.3 is 0 Å². The molecule has 1 fully saturated rings. The highest BCUT2D eigenvalue weighted by molar-refractivity contribution is 4.73. The molecule has 13 heavy (non-hydrogen) atoms. The average molecular weight is 187 g/mol. The maximum Gasteiger partial charge on any atom is 0.0781 e. The van der Waals surface area contributed by atoms with Gasteiger partial charge in [-0.2, -0.15) is 0 Å². The molecule has 3 heteroatoms. The third kappa shape index (κ3) is 4.60. The van der Waals surface area contributed by atoms with Crippen LogP contribution in [0.2, 0.25) is 0 Å². The number of nitrogens with one attached hydrogen (secondary N) is 1. The number of rotatable bonds is 6. The molecule has 0 saturated carbocycles. The zero-order valence-corrected chi connectivity index (χ0v) is 8.71. The standard InChI is InChI=1S/C10H21NO2/c1-3-12-7-9(2)13-8-10-5-4-6-11-10/h9-11H,3-8H2,1-2H3/t9?,10-/m1/s1. The number of hydrogen-bond acceptors (Lipinski definition) is 3. The first-order chi connectivity index (χ1) is 6.33. The Balaban J connectivity index is 1.97. The van der Waals surface area contributed by atoms with E-state index in [2.05, 4.69) is 12.2 Å². The fourth-order valence-electron chi connectivity index (χ4n) is 1.51. The molecule has 1 N–H and O–H groups in total. The molecule has 0 aliphatic carbocycles. The van der Waals surface area contributed by atoms with Gasteiger partial charge in [-0.1, -0.05) is 0 Å². The predicted octanol–water partition coefficient (Wildman–Crippen LogP) is 1.18. The van der Waals surface area contributed by atoms with Crippen molar-refractivity contribution in [1.29, 1.82) is 0 Å². The molecule has 1 unspecified atom stereocenters. The molecule has 1 heterocycles. The first kappa shape index (κ1) is 11.0. The predicted molar refractivity (Wildman–Crippen MR) is 52.9 cm³/mol. The van der Waals surface area contributed by atoms with Gasteiger partial charge in [0.2, 0.25) is 0 Å². The molecular formula is C10H21NO2. The molecular weight excluding hydrogens is 166 g/mol. The fraction of sp³-hybridized carbons (Fsp3) is 1.00. The van der Waals surface area contributed by atoms with Crippen molar-refractivity contribution in [3.63, 3.8) is 0 Å². The summed E-state index contributed by atoms with van der Waals surface area (Å²) in [6.07, 6.45) is 2.76. The van der Waals surface area contributed by atoms with Crippen LogP contribution in [-0.4, -0.2) is 38.5 Å². The van der Waals surface area contributed by atoms with Gasteiger partial charge in [-0.25, -0.2) is 0 Å². The van der Waals surface area contributed by atoms with E-state index in [9.17, 15) is 0 Å². The van der Waals surface area contributed by atoms with Crippen LogP contribution in [0.15, 0.2) is 0 Å². The molecule has 0 aromatic carbocycles. The zero-order valence-electron chi connectivity index (χ0n) is 8.71. The largest absolute Gasteiger partial charge is 0.379 e. The molecule has 0 aromatic rings. The first-order valence-corrected chi connectivity index (χ1v) is 5.25. The van der Waals surface area contributed by atoms with E-state index >= 15 is 0 Å². The summed E-state index contributed by atoms with van der Waals surface area (Å²) in [5.74, 6) is 0. The summed E-state index contributed by atoms with van der Waals surface area (Å²) in [7, 11) is 0. The van der Waals surface area contributed by atoms with Crippen molar-refractivity contribution in [2.45, 2.75) is 38.8 Å². The quantitative estimate of drug-likeness (QED) is 0.677. The van der Waals surface area contributed by atoms with Gasteiger partial charge in [0.15, 0.2) is 0 Å². The summed E-state index contributed by atoms with van der Waals surface area (Å²) in [5.41, 5.74) is 0. The summed E-state index contributed by atoms with van der Waals surface area (Å²) in [6, 6.07) is 0.573. The Labute approximate surface area is 80.8 Å². The first-order valence-electron chi connectivity index (χ1n) is 5.25. The molecule has 0 bridgehead atoms. The maximum absolute atomic E-state index is 5.64. The molecule has 1 rings (SSSR count). The second-order valence-electron chi connectivity index (χ2n) is 3.60. The summed E-state index contributed by atoms with van der Waals surface area (Å²) in [6.45, 7) is 7.52. The zero-order chi connectivity index (χ0) is 9.52. The lowest BCUT2D eigenvalue weighted by atomic mass is 10.2. The van der Waals surface area contributed by atoms with E-state index in [0.29, 0.717) is 12.6 Å². The Morgan fingerprint density at radius 1 is 1.54 bits per heavy atom. The highest BCUT2D eigenvalue weighted by atomic mass is 16.5. The Bertz CT molecular complexity index is 124. The van der Waals surface area contributed by atoms with Crippen LogP contribution < -0.4 is 5.32 Å². The minimum Gasteiger partial charge on any atom is -0.379 e. The van der Waals surface area contributed by atoms with Crippen molar-refractivity contribution >= 4 is 0 Å². The number of ether oxygens (including phenoxy) is 2. The summed E-state index contributed by atoms with van der Waals surface area (Å²) < 4.78 is 10.9. The molecule has 2 atom stereocenters. The topological polar surface area (TPSA) is 30.5 Å². The van der Waals surface area contributed by atoms with Gasteiger partial charge in [0.1, 0.15) is 0 Å². The minimum atomic E-state index is 0.224. The normalized spacial score (nSPS) is 24.9. The van der Waals surface area contributed by atoms with Gasteiger partial charge in [-0.15, -0.1) is 0 Å². The molecule has 0 spiro atoms. The molecule has 78 valence electrons. The lowest BCUT2D eigenvalue weighted by Crippen LogP contribution is -2.30. The Morgan fingerprint density at radius 3 is 3.00 bits per heavy atom. The van der Waals surface area contributed by atoms with Crippen molar-refractivity contribution in [1.82, 2.24) is 5.32 Å². The SMILES string of the molecule is CCOCC(C)OC[C@H]1CCCN1. The lowest BCUT2D eigenvalue weighted by Gasteiger charge is -2.16. The van der Waals surface area contributed by atoms with Crippen LogP contribution in [-0.2, 0) is 9.47 Å². The summed E-state index contributed by atoms with van der Waals surface area (Å²) in [4.78, 5) is 0. The summed E-state index contributed by atoms with van der Waals surface area (Å²) >= 11 is 0. The monoisotopic (exact) mass is 187 g/mol. The van der Waals surface area contributed by atoms with E-state index in [1.54, 1.807) is 0 Å². The third-order valence-corrected chi connectivity index (χ3v) is 2.30. The van der Waals surface area contributed by atoms with Crippen molar-refractivity contribution in [2.75, 3.05) is 26.4 Å². The van der Waals surface area contributed by atoms with E-state index in [4.69, 9.17) is 9.47 Å². The molecule has 0 amide bonds. The molecule has 3 nitrogen and oxygen atoms in total. The molecule has 0 radical (unpaired) electrons. The Hall–Kier alpha value is -0.120. The van der Waals surface area contributed by atoms with Crippen molar-refractivity contribution in [3.05, 3.63) is 0 Å². The molecule has 1 saturated heterocycles. The van der Waals surface area contributed by atoms with Crippen LogP contribution in [0.25, 0.3) is 0 Å². The molecule has 0 aromatic heterocycles. The maximum atomic E-state index is 5.64. The van der Waals surface area contributed by atoms with Crippen LogP contribution >= 0.6 is 0 Å². The average Bonchev–Trinajstić information content (AvgIpc) is 2.64. The lowest BCUT2D eigenvalue weighted by molar-refractivity contribution is -0.00971. The van der Waals surface area contributed by atoms with Gasteiger partial charge in [0, 0.05) is 12.6 Å². The van der Waals surface area contributed by atoms with Gasteiger partial charge < -0.3 is 14.8 Å². The highest BCUT2D eigenvalue weighted by Crippen LogP contribution is 2.06. The van der Waals surface area contributed by atoms with Crippen LogP contribution in [0.4, 0.5) is 0 Å². The smallest absolute Gasteiger partial charge is 0.0781 e. The van der Waals surface area contributed by atoms with Gasteiger partial charge in [-0.05, 0) is 33.2 Å². The van der Waals surface area contributed by atoms with Crippen LogP contribution in [0.1, 0.15) is 26.7 Å². The third-order valence-electron chi connectivity index (χ3n) is 2.30. The van der Waals surface area contributed by atoms with Gasteiger partial charge in [0.05, 0.1) is 19.3 Å². The van der Waals surface area contributed by atoms with Gasteiger partial charge in [0.25, 0.3) is 0 Å². The second-order valence-corrected chi connectivity index (χ2v) is 3.60. The van der Waals surface area contributed by atoms with Gasteiger partial charge in [-0.3, -0.25) is 0 Å². The molecule has 1 aliphatic heterocycles. The van der Waals surface area contributed by atoms with Crippen molar-refractivity contribution < 1.29 is 9.47 Å². The van der Waals surface area contributed by atoms with Crippen LogP contribution in [0, 0.1) is 0 Å². The van der Waals surface area contributed by atoms with E-state index < -0.39 is 0 Å². The Morgan fingerprint density at radius 2 is 2.38 bits per heavy atom. The van der Waals surface area contributed by atoms with E-state index in [0.717, 1.165) is 19.8 Å². The van der Waals surface area contributed by atoms with E-state index in [-0.39, 0.29) is 6.10 Å². The fourth-order valence-corrected chi connectivity index (χ4v) is 1.51. The number of hydrogen-bond donors (Lipinski definition) is 1.